The van der Waals surface area contributed by atoms with E-state index < -0.39 is 0 Å². The molecule has 1 amide bonds. The van der Waals surface area contributed by atoms with E-state index in [0.29, 0.717) is 21.3 Å². The summed E-state index contributed by atoms with van der Waals surface area (Å²) < 4.78 is 12.8. The van der Waals surface area contributed by atoms with E-state index in [0.717, 1.165) is 42.5 Å². The molecule has 0 fully saturated rings. The fourth-order valence-electron chi connectivity index (χ4n) is 3.61. The molecule has 1 aromatic carbocycles. The molecule has 1 aliphatic rings. The molecule has 0 saturated heterocycles. The Morgan fingerprint density at radius 1 is 1.24 bits per heavy atom. The predicted octanol–water partition coefficient (Wildman–Crippen LogP) is 5.72. The Hall–Kier alpha value is -2.84. The molecule has 33 heavy (non-hydrogen) atoms. The van der Waals surface area contributed by atoms with Gasteiger partial charge in [-0.05, 0) is 62.8 Å². The van der Waals surface area contributed by atoms with Gasteiger partial charge in [0.15, 0.2) is 12.4 Å². The largest absolute Gasteiger partial charge is 0.470 e. The molecular weight excluding hydrogens is 462 g/mol. The number of halogens is 1. The molecule has 7 nitrogen and oxygen atoms in total. The normalized spacial score (nSPS) is 13.8. The van der Waals surface area contributed by atoms with Crippen LogP contribution in [0.15, 0.2) is 36.5 Å². The minimum atomic E-state index is -0.386. The number of ether oxygens (including phenoxy) is 2. The number of nitrogens with zero attached hydrogens (tertiary/aromatic N) is 2. The van der Waals surface area contributed by atoms with Crippen molar-refractivity contribution >= 4 is 39.8 Å². The number of hydrogen-bond acceptors (Lipinski definition) is 6. The first-order valence-electron chi connectivity index (χ1n) is 11.0. The number of benzene rings is 1. The van der Waals surface area contributed by atoms with E-state index >= 15 is 0 Å². The van der Waals surface area contributed by atoms with Crippen LogP contribution < -0.4 is 10.1 Å². The van der Waals surface area contributed by atoms with Crippen molar-refractivity contribution in [2.24, 2.45) is 0 Å². The highest BCUT2D eigenvalue weighted by Gasteiger charge is 2.28. The zero-order chi connectivity index (χ0) is 23.4. The van der Waals surface area contributed by atoms with Crippen LogP contribution in [-0.2, 0) is 24.3 Å². The van der Waals surface area contributed by atoms with E-state index in [-0.39, 0.29) is 30.4 Å². The highest BCUT2D eigenvalue weighted by atomic mass is 35.5. The van der Waals surface area contributed by atoms with Crippen molar-refractivity contribution in [2.75, 3.05) is 5.32 Å². The van der Waals surface area contributed by atoms with Gasteiger partial charge in [-0.25, -0.2) is 9.48 Å². The van der Waals surface area contributed by atoms with Gasteiger partial charge in [-0.3, -0.25) is 4.79 Å². The van der Waals surface area contributed by atoms with Gasteiger partial charge in [0, 0.05) is 11.1 Å². The molecular formula is C24H26ClN3O4S. The van der Waals surface area contributed by atoms with Gasteiger partial charge in [-0.1, -0.05) is 30.7 Å². The summed E-state index contributed by atoms with van der Waals surface area (Å²) in [6.07, 6.45) is 6.03. The van der Waals surface area contributed by atoms with E-state index in [1.807, 2.05) is 26.0 Å². The first kappa shape index (κ1) is 23.3. The quantitative estimate of drug-likeness (QED) is 0.411. The van der Waals surface area contributed by atoms with Crippen molar-refractivity contribution in [3.05, 3.63) is 63.2 Å². The number of fused-ring (bicyclic) bond motifs is 1. The molecule has 0 saturated carbocycles. The molecule has 1 unspecified atom stereocenters. The number of nitrogens with one attached hydrogen (secondary N) is 1. The number of aryl methyl sites for hydroxylation is 1. The number of carbonyl (C=O) groups is 2. The van der Waals surface area contributed by atoms with Crippen LogP contribution in [0.25, 0.3) is 0 Å². The molecule has 0 radical (unpaired) electrons. The third kappa shape index (κ3) is 5.39. The van der Waals surface area contributed by atoms with Gasteiger partial charge in [0.1, 0.15) is 10.8 Å². The van der Waals surface area contributed by atoms with Crippen molar-refractivity contribution in [3.63, 3.8) is 0 Å². The van der Waals surface area contributed by atoms with Crippen molar-refractivity contribution in [1.82, 2.24) is 9.78 Å². The van der Waals surface area contributed by atoms with Gasteiger partial charge in [0.25, 0.3) is 5.91 Å². The lowest BCUT2D eigenvalue weighted by molar-refractivity contribution is 0.0335. The molecule has 2 heterocycles. The average Bonchev–Trinajstić information content (AvgIpc) is 3.43. The van der Waals surface area contributed by atoms with Crippen LogP contribution in [0.3, 0.4) is 0 Å². The van der Waals surface area contributed by atoms with E-state index in [1.54, 1.807) is 24.4 Å². The molecule has 2 aromatic heterocycles. The molecule has 0 bridgehead atoms. The van der Waals surface area contributed by atoms with Gasteiger partial charge in [-0.2, -0.15) is 5.10 Å². The number of thiophene rings is 1. The van der Waals surface area contributed by atoms with Crippen LogP contribution in [0.2, 0.25) is 5.02 Å². The Bertz CT molecular complexity index is 1160. The van der Waals surface area contributed by atoms with E-state index in [4.69, 9.17) is 21.1 Å². The van der Waals surface area contributed by atoms with Gasteiger partial charge in [0.2, 0.25) is 0 Å². The smallest absolute Gasteiger partial charge is 0.341 e. The Kier molecular flexibility index (Phi) is 7.35. The van der Waals surface area contributed by atoms with Gasteiger partial charge >= 0.3 is 5.97 Å². The summed E-state index contributed by atoms with van der Waals surface area (Å²) in [6.45, 7) is 3.94. The van der Waals surface area contributed by atoms with Crippen LogP contribution in [0.1, 0.15) is 64.4 Å². The third-order valence-electron chi connectivity index (χ3n) is 5.55. The summed E-state index contributed by atoms with van der Waals surface area (Å²) in [5.74, 6) is -0.227. The Morgan fingerprint density at radius 3 is 2.82 bits per heavy atom. The molecule has 1 N–H and O–H groups in total. The molecule has 1 atom stereocenters. The second-order valence-corrected chi connectivity index (χ2v) is 9.45. The number of aromatic nitrogens is 2. The maximum absolute atomic E-state index is 12.9. The van der Waals surface area contributed by atoms with Gasteiger partial charge < -0.3 is 14.8 Å². The minimum absolute atomic E-state index is 0.108. The van der Waals surface area contributed by atoms with E-state index in [1.165, 1.54) is 16.0 Å². The molecule has 174 valence electrons. The highest BCUT2D eigenvalue weighted by Crippen LogP contribution is 2.39. The van der Waals surface area contributed by atoms with Crippen molar-refractivity contribution in [1.29, 1.82) is 0 Å². The van der Waals surface area contributed by atoms with Crippen molar-refractivity contribution in [2.45, 2.75) is 58.8 Å². The SMILES string of the molecule is CCC(C)OC(=O)c1c(NC(=O)c2ccn(COc3ccccc3Cl)n2)sc2c1CCCC2. The molecule has 4 rings (SSSR count). The molecule has 1 aliphatic carbocycles. The molecule has 0 aliphatic heterocycles. The fraction of sp³-hybridized carbons (Fsp3) is 0.375. The van der Waals surface area contributed by atoms with Crippen LogP contribution in [0.4, 0.5) is 5.00 Å². The topological polar surface area (TPSA) is 82.5 Å². The van der Waals surface area contributed by atoms with Crippen molar-refractivity contribution < 1.29 is 19.1 Å². The molecule has 9 heteroatoms. The Labute approximate surface area is 201 Å². The summed E-state index contributed by atoms with van der Waals surface area (Å²) in [7, 11) is 0. The average molecular weight is 488 g/mol. The predicted molar refractivity (Wildman–Crippen MR) is 128 cm³/mol. The zero-order valence-corrected chi connectivity index (χ0v) is 20.2. The maximum Gasteiger partial charge on any atom is 0.341 e. The number of amides is 1. The Morgan fingerprint density at radius 2 is 2.03 bits per heavy atom. The zero-order valence-electron chi connectivity index (χ0n) is 18.6. The maximum atomic E-state index is 12.9. The van der Waals surface area contributed by atoms with Crippen LogP contribution >= 0.6 is 22.9 Å². The fourth-order valence-corrected chi connectivity index (χ4v) is 5.08. The number of rotatable bonds is 8. The number of anilines is 1. The van der Waals surface area contributed by atoms with E-state index in [2.05, 4.69) is 10.4 Å². The molecule has 0 spiro atoms. The van der Waals surface area contributed by atoms with Crippen LogP contribution in [0, 0.1) is 0 Å². The van der Waals surface area contributed by atoms with Gasteiger partial charge in [0.05, 0.1) is 16.7 Å². The summed E-state index contributed by atoms with van der Waals surface area (Å²) in [4.78, 5) is 27.0. The van der Waals surface area contributed by atoms with Gasteiger partial charge in [-0.15, -0.1) is 11.3 Å². The minimum Gasteiger partial charge on any atom is -0.470 e. The summed E-state index contributed by atoms with van der Waals surface area (Å²) in [5.41, 5.74) is 1.73. The monoisotopic (exact) mass is 487 g/mol. The molecule has 3 aromatic rings. The number of carbonyl (C=O) groups excluding carboxylic acids is 2. The van der Waals surface area contributed by atoms with Crippen molar-refractivity contribution in [3.8, 4) is 5.75 Å². The lowest BCUT2D eigenvalue weighted by Crippen LogP contribution is -2.19. The standard InChI is InChI=1S/C24H26ClN3O4S/c1-3-15(2)32-24(30)21-16-8-4-7-11-20(16)33-23(21)26-22(29)18-12-13-28(27-18)14-31-19-10-6-5-9-17(19)25/h5-6,9-10,12-13,15H,3-4,7-8,11,14H2,1-2H3,(H,26,29). The second kappa shape index (κ2) is 10.4. The number of hydrogen-bond donors (Lipinski definition) is 1. The lowest BCUT2D eigenvalue weighted by atomic mass is 9.95. The second-order valence-electron chi connectivity index (χ2n) is 7.94. The summed E-state index contributed by atoms with van der Waals surface area (Å²) in [6, 6.07) is 8.76. The first-order chi connectivity index (χ1) is 16.0. The summed E-state index contributed by atoms with van der Waals surface area (Å²) in [5, 5.41) is 8.22. The number of para-hydroxylation sites is 1. The van der Waals surface area contributed by atoms with Crippen LogP contribution in [-0.4, -0.2) is 27.8 Å². The number of esters is 1. The first-order valence-corrected chi connectivity index (χ1v) is 12.2. The lowest BCUT2D eigenvalue weighted by Gasteiger charge is -2.15. The highest BCUT2D eigenvalue weighted by molar-refractivity contribution is 7.17. The third-order valence-corrected chi connectivity index (χ3v) is 7.07. The summed E-state index contributed by atoms with van der Waals surface area (Å²) >= 11 is 7.56. The van der Waals surface area contributed by atoms with Crippen LogP contribution in [0.5, 0.6) is 5.75 Å². The Balaban J connectivity index is 1.49. The van der Waals surface area contributed by atoms with E-state index in [9.17, 15) is 9.59 Å².